The zero-order valence-electron chi connectivity index (χ0n) is 16.9. The maximum absolute atomic E-state index is 5.50. The molecule has 152 valence electrons. The molecule has 0 amide bonds. The summed E-state index contributed by atoms with van der Waals surface area (Å²) in [4.78, 5) is 4.37. The third-order valence-corrected chi connectivity index (χ3v) is 5.16. The molecule has 1 fully saturated rings. The molecule has 0 radical (unpaired) electrons. The van der Waals surface area contributed by atoms with Crippen LogP contribution in [-0.4, -0.2) is 33.8 Å². The lowest BCUT2D eigenvalue weighted by Gasteiger charge is -2.21. The molecule has 2 aromatic carbocycles. The number of rotatable bonds is 7. The molecule has 1 saturated carbocycles. The number of halogens is 1. The molecule has 2 N–H and O–H groups in total. The minimum absolute atomic E-state index is 0. The highest BCUT2D eigenvalue weighted by Gasteiger charge is 2.37. The van der Waals surface area contributed by atoms with E-state index < -0.39 is 0 Å². The Morgan fingerprint density at radius 1 is 1.14 bits per heavy atom. The third-order valence-electron chi connectivity index (χ3n) is 5.16. The van der Waals surface area contributed by atoms with Crippen LogP contribution in [0.25, 0.3) is 0 Å². The van der Waals surface area contributed by atoms with Gasteiger partial charge in [-0.25, -0.2) is 0 Å². The number of ether oxygens (including phenoxy) is 2. The van der Waals surface area contributed by atoms with Crippen LogP contribution >= 0.6 is 24.0 Å². The molecule has 0 aliphatic heterocycles. The van der Waals surface area contributed by atoms with Crippen LogP contribution in [0.2, 0.25) is 0 Å². The Kier molecular flexibility index (Phi) is 8.41. The van der Waals surface area contributed by atoms with Crippen LogP contribution in [0.5, 0.6) is 11.5 Å². The summed E-state index contributed by atoms with van der Waals surface area (Å²) in [5, 5.41) is 6.91. The van der Waals surface area contributed by atoms with Crippen molar-refractivity contribution in [2.45, 2.75) is 25.3 Å². The maximum atomic E-state index is 5.50. The number of hydrogen-bond donors (Lipinski definition) is 2. The van der Waals surface area contributed by atoms with E-state index in [-0.39, 0.29) is 30.0 Å². The fourth-order valence-electron chi connectivity index (χ4n) is 3.46. The lowest BCUT2D eigenvalue weighted by Crippen LogP contribution is -2.39. The minimum atomic E-state index is 0. The van der Waals surface area contributed by atoms with Crippen molar-refractivity contribution in [2.24, 2.45) is 10.9 Å². The number of guanidine groups is 1. The van der Waals surface area contributed by atoms with Gasteiger partial charge in [-0.05, 0) is 48.9 Å². The predicted molar refractivity (Wildman–Crippen MR) is 125 cm³/mol. The SMILES string of the molecule is CN=C(NCC1CC1c1ccccc1)NC(C)c1cc(OC)ccc1OC.I. The average Bonchev–Trinajstić information content (AvgIpc) is 3.50. The van der Waals surface area contributed by atoms with E-state index in [1.165, 1.54) is 12.0 Å². The summed E-state index contributed by atoms with van der Waals surface area (Å²) in [7, 11) is 5.15. The van der Waals surface area contributed by atoms with E-state index in [2.05, 4.69) is 52.9 Å². The second-order valence-corrected chi connectivity index (χ2v) is 6.94. The van der Waals surface area contributed by atoms with E-state index in [1.54, 1.807) is 21.3 Å². The number of aliphatic imine (C=N–C) groups is 1. The molecule has 0 saturated heterocycles. The van der Waals surface area contributed by atoms with Crippen LogP contribution < -0.4 is 20.1 Å². The van der Waals surface area contributed by atoms with Crippen LogP contribution in [0, 0.1) is 5.92 Å². The quantitative estimate of drug-likeness (QED) is 0.341. The summed E-state index contributed by atoms with van der Waals surface area (Å²) in [5.41, 5.74) is 2.47. The van der Waals surface area contributed by atoms with Gasteiger partial charge in [0.2, 0.25) is 0 Å². The molecule has 1 aliphatic carbocycles. The molecule has 0 aromatic heterocycles. The normalized spacial score (nSPS) is 19.2. The first kappa shape index (κ1) is 22.3. The molecular weight excluding hydrogens is 465 g/mol. The lowest BCUT2D eigenvalue weighted by molar-refractivity contribution is 0.394. The first-order chi connectivity index (χ1) is 13.2. The van der Waals surface area contributed by atoms with E-state index in [4.69, 9.17) is 9.47 Å². The van der Waals surface area contributed by atoms with Crippen molar-refractivity contribution in [3.8, 4) is 11.5 Å². The van der Waals surface area contributed by atoms with Crippen molar-refractivity contribution in [3.05, 3.63) is 59.7 Å². The van der Waals surface area contributed by atoms with E-state index >= 15 is 0 Å². The monoisotopic (exact) mass is 495 g/mol. The van der Waals surface area contributed by atoms with Gasteiger partial charge in [0.15, 0.2) is 5.96 Å². The second kappa shape index (κ2) is 10.5. The Balaban J connectivity index is 0.00000280. The highest BCUT2D eigenvalue weighted by molar-refractivity contribution is 14.0. The number of benzene rings is 2. The molecule has 1 aliphatic rings. The standard InChI is InChI=1S/C22H29N3O2.HI/c1-15(19-13-18(26-3)10-11-21(19)27-4)25-22(23-2)24-14-17-12-20(17)16-8-6-5-7-9-16;/h5-11,13,15,17,20H,12,14H2,1-4H3,(H2,23,24,25);1H. The second-order valence-electron chi connectivity index (χ2n) is 6.94. The molecule has 0 bridgehead atoms. The van der Waals surface area contributed by atoms with Gasteiger partial charge in [-0.3, -0.25) is 4.99 Å². The van der Waals surface area contributed by atoms with E-state index in [0.717, 1.165) is 29.6 Å². The topological polar surface area (TPSA) is 54.9 Å². The van der Waals surface area contributed by atoms with Crippen LogP contribution in [0.3, 0.4) is 0 Å². The average molecular weight is 495 g/mol. The van der Waals surface area contributed by atoms with Gasteiger partial charge in [0.25, 0.3) is 0 Å². The van der Waals surface area contributed by atoms with Gasteiger partial charge in [0, 0.05) is 19.2 Å². The Labute approximate surface area is 184 Å². The van der Waals surface area contributed by atoms with Gasteiger partial charge in [-0.1, -0.05) is 30.3 Å². The minimum Gasteiger partial charge on any atom is -0.497 e. The van der Waals surface area contributed by atoms with Crippen molar-refractivity contribution in [3.63, 3.8) is 0 Å². The fourth-order valence-corrected chi connectivity index (χ4v) is 3.46. The Morgan fingerprint density at radius 2 is 1.89 bits per heavy atom. The molecule has 2 aromatic rings. The van der Waals surface area contributed by atoms with Gasteiger partial charge < -0.3 is 20.1 Å². The fraction of sp³-hybridized carbons (Fsp3) is 0.409. The van der Waals surface area contributed by atoms with E-state index in [0.29, 0.717) is 11.8 Å². The Morgan fingerprint density at radius 3 is 2.54 bits per heavy atom. The van der Waals surface area contributed by atoms with Gasteiger partial charge in [0.1, 0.15) is 11.5 Å². The Bertz CT molecular complexity index is 783. The van der Waals surface area contributed by atoms with Crippen LogP contribution in [-0.2, 0) is 0 Å². The molecule has 3 rings (SSSR count). The number of nitrogens with zero attached hydrogens (tertiary/aromatic N) is 1. The van der Waals surface area contributed by atoms with Crippen molar-refractivity contribution in [2.75, 3.05) is 27.8 Å². The summed E-state index contributed by atoms with van der Waals surface area (Å²) in [6.07, 6.45) is 1.23. The Hall–Kier alpha value is -1.96. The first-order valence-corrected chi connectivity index (χ1v) is 9.40. The van der Waals surface area contributed by atoms with Gasteiger partial charge in [-0.2, -0.15) is 0 Å². The predicted octanol–water partition coefficient (Wildman–Crippen LogP) is 4.35. The number of nitrogens with one attached hydrogen (secondary N) is 2. The van der Waals surface area contributed by atoms with Crippen molar-refractivity contribution >= 4 is 29.9 Å². The van der Waals surface area contributed by atoms with E-state index in [1.807, 2.05) is 18.2 Å². The third kappa shape index (κ3) is 5.53. The molecule has 28 heavy (non-hydrogen) atoms. The smallest absolute Gasteiger partial charge is 0.191 e. The summed E-state index contributed by atoms with van der Waals surface area (Å²) in [6, 6.07) is 16.6. The largest absolute Gasteiger partial charge is 0.497 e. The van der Waals surface area contributed by atoms with Crippen molar-refractivity contribution < 1.29 is 9.47 Å². The molecule has 3 atom stereocenters. The zero-order chi connectivity index (χ0) is 19.2. The number of methoxy groups -OCH3 is 2. The van der Waals surface area contributed by atoms with Gasteiger partial charge in [-0.15, -0.1) is 24.0 Å². The molecule has 0 heterocycles. The molecule has 6 heteroatoms. The van der Waals surface area contributed by atoms with Crippen molar-refractivity contribution in [1.82, 2.24) is 10.6 Å². The van der Waals surface area contributed by atoms with Gasteiger partial charge >= 0.3 is 0 Å². The summed E-state index contributed by atoms with van der Waals surface area (Å²) < 4.78 is 10.8. The van der Waals surface area contributed by atoms with Crippen molar-refractivity contribution in [1.29, 1.82) is 0 Å². The highest BCUT2D eigenvalue weighted by atomic mass is 127. The molecule has 0 spiro atoms. The molecule has 5 nitrogen and oxygen atoms in total. The number of hydrogen-bond acceptors (Lipinski definition) is 3. The highest BCUT2D eigenvalue weighted by Crippen LogP contribution is 2.46. The van der Waals surface area contributed by atoms with E-state index in [9.17, 15) is 0 Å². The van der Waals surface area contributed by atoms with Gasteiger partial charge in [0.05, 0.1) is 20.3 Å². The molecular formula is C22H30IN3O2. The van der Waals surface area contributed by atoms with Crippen LogP contribution in [0.15, 0.2) is 53.5 Å². The zero-order valence-corrected chi connectivity index (χ0v) is 19.3. The lowest BCUT2D eigenvalue weighted by atomic mass is 10.1. The van der Waals surface area contributed by atoms with Crippen LogP contribution in [0.1, 0.15) is 36.4 Å². The first-order valence-electron chi connectivity index (χ1n) is 9.40. The summed E-state index contributed by atoms with van der Waals surface area (Å²) >= 11 is 0. The molecule has 3 unspecified atom stereocenters. The summed E-state index contributed by atoms with van der Waals surface area (Å²) in [6.45, 7) is 3.01. The maximum Gasteiger partial charge on any atom is 0.191 e. The summed E-state index contributed by atoms with van der Waals surface area (Å²) in [5.74, 6) is 3.76. The van der Waals surface area contributed by atoms with Crippen LogP contribution in [0.4, 0.5) is 0 Å².